The molecule has 3 aromatic rings. The van der Waals surface area contributed by atoms with Crippen molar-refractivity contribution in [2.75, 3.05) is 5.73 Å². The first kappa shape index (κ1) is 14.8. The Morgan fingerprint density at radius 1 is 0.955 bits per heavy atom. The molecule has 1 heterocycles. The molecule has 1 aromatic heterocycles. The van der Waals surface area contributed by atoms with Gasteiger partial charge in [-0.1, -0.05) is 57.2 Å². The maximum atomic E-state index is 5.85. The number of nitrogen functional groups attached to an aromatic ring is 1. The summed E-state index contributed by atoms with van der Waals surface area (Å²) in [7, 11) is 0. The van der Waals surface area contributed by atoms with Gasteiger partial charge in [0.05, 0.1) is 5.69 Å². The molecule has 0 fully saturated rings. The van der Waals surface area contributed by atoms with Crippen molar-refractivity contribution < 1.29 is 0 Å². The topological polar surface area (TPSA) is 38.9 Å². The van der Waals surface area contributed by atoms with Gasteiger partial charge in [-0.05, 0) is 23.1 Å². The van der Waals surface area contributed by atoms with Crippen LogP contribution in [0.5, 0.6) is 0 Å². The second-order valence-electron chi connectivity index (χ2n) is 6.49. The number of rotatable bonds is 2. The molecule has 0 saturated carbocycles. The fraction of sp³-hybridized carbons (Fsp3) is 0.211. The van der Waals surface area contributed by atoms with E-state index in [1.165, 1.54) is 5.56 Å². The molecule has 2 nitrogen and oxygen atoms in total. The minimum atomic E-state index is 0.174. The monoisotopic (exact) mass is 308 g/mol. The van der Waals surface area contributed by atoms with Crippen LogP contribution in [0, 0.1) is 0 Å². The van der Waals surface area contributed by atoms with Gasteiger partial charge in [0.15, 0.2) is 0 Å². The number of nitrogens with two attached hydrogens (primary N) is 1. The number of hydrogen-bond donors (Lipinski definition) is 1. The number of anilines is 1. The molecular formula is C19H20N2S. The first-order valence-electron chi connectivity index (χ1n) is 7.36. The summed E-state index contributed by atoms with van der Waals surface area (Å²) in [6.07, 6.45) is 0. The Balaban J connectivity index is 1.91. The van der Waals surface area contributed by atoms with E-state index in [4.69, 9.17) is 10.7 Å². The van der Waals surface area contributed by atoms with Crippen molar-refractivity contribution in [3.63, 3.8) is 0 Å². The average Bonchev–Trinajstić information content (AvgIpc) is 2.96. The summed E-state index contributed by atoms with van der Waals surface area (Å²) >= 11 is 1.65. The molecule has 0 atom stereocenters. The molecule has 3 rings (SSSR count). The van der Waals surface area contributed by atoms with E-state index in [0.29, 0.717) is 0 Å². The molecule has 2 N–H and O–H groups in total. The SMILES string of the molecule is CC(C)(C)c1ccc(-c2csc(-c3cccc(N)c3)n2)cc1. The van der Waals surface area contributed by atoms with Crippen LogP contribution in [0.4, 0.5) is 5.69 Å². The van der Waals surface area contributed by atoms with Gasteiger partial charge in [0.25, 0.3) is 0 Å². The highest BCUT2D eigenvalue weighted by atomic mass is 32.1. The van der Waals surface area contributed by atoms with E-state index in [1.54, 1.807) is 11.3 Å². The van der Waals surface area contributed by atoms with Crippen LogP contribution in [-0.4, -0.2) is 4.98 Å². The van der Waals surface area contributed by atoms with E-state index in [9.17, 15) is 0 Å². The third-order valence-electron chi connectivity index (χ3n) is 3.68. The van der Waals surface area contributed by atoms with Crippen LogP contribution in [0.1, 0.15) is 26.3 Å². The molecule has 0 bridgehead atoms. The molecule has 3 heteroatoms. The van der Waals surface area contributed by atoms with Crippen molar-refractivity contribution in [1.82, 2.24) is 4.98 Å². The highest BCUT2D eigenvalue weighted by Crippen LogP contribution is 2.31. The van der Waals surface area contributed by atoms with Crippen LogP contribution >= 0.6 is 11.3 Å². The molecular weight excluding hydrogens is 288 g/mol. The lowest BCUT2D eigenvalue weighted by atomic mass is 9.86. The second-order valence-corrected chi connectivity index (χ2v) is 7.35. The van der Waals surface area contributed by atoms with E-state index in [1.807, 2.05) is 24.3 Å². The van der Waals surface area contributed by atoms with Gasteiger partial charge >= 0.3 is 0 Å². The Morgan fingerprint density at radius 3 is 2.32 bits per heavy atom. The summed E-state index contributed by atoms with van der Waals surface area (Å²) in [6.45, 7) is 6.67. The largest absolute Gasteiger partial charge is 0.399 e. The van der Waals surface area contributed by atoms with Crippen molar-refractivity contribution >= 4 is 17.0 Å². The lowest BCUT2D eigenvalue weighted by molar-refractivity contribution is 0.590. The molecule has 0 unspecified atom stereocenters. The summed E-state index contributed by atoms with van der Waals surface area (Å²) in [5.74, 6) is 0. The van der Waals surface area contributed by atoms with Crippen LogP contribution in [-0.2, 0) is 5.41 Å². The minimum Gasteiger partial charge on any atom is -0.399 e. The van der Waals surface area contributed by atoms with Crippen molar-refractivity contribution in [3.05, 3.63) is 59.5 Å². The maximum Gasteiger partial charge on any atom is 0.124 e. The molecule has 0 aliphatic rings. The molecule has 0 spiro atoms. The second kappa shape index (κ2) is 5.58. The van der Waals surface area contributed by atoms with E-state index in [2.05, 4.69) is 50.4 Å². The first-order chi connectivity index (χ1) is 10.4. The lowest BCUT2D eigenvalue weighted by Gasteiger charge is -2.18. The van der Waals surface area contributed by atoms with Crippen molar-refractivity contribution in [3.8, 4) is 21.8 Å². The zero-order chi connectivity index (χ0) is 15.7. The fourth-order valence-electron chi connectivity index (χ4n) is 2.35. The van der Waals surface area contributed by atoms with Gasteiger partial charge in [0.1, 0.15) is 5.01 Å². The number of benzene rings is 2. The number of hydrogen-bond acceptors (Lipinski definition) is 3. The molecule has 0 aliphatic carbocycles. The molecule has 0 aliphatic heterocycles. The van der Waals surface area contributed by atoms with Gasteiger partial charge in [-0.25, -0.2) is 4.98 Å². The van der Waals surface area contributed by atoms with Gasteiger partial charge in [-0.2, -0.15) is 0 Å². The summed E-state index contributed by atoms with van der Waals surface area (Å²) in [6, 6.07) is 16.5. The summed E-state index contributed by atoms with van der Waals surface area (Å²) in [4.78, 5) is 4.75. The third-order valence-corrected chi connectivity index (χ3v) is 4.58. The van der Waals surface area contributed by atoms with Crippen LogP contribution in [0.2, 0.25) is 0 Å². The summed E-state index contributed by atoms with van der Waals surface area (Å²) in [5, 5.41) is 3.10. The standard InChI is InChI=1S/C19H20N2S/c1-19(2,3)15-9-7-13(8-10-15)17-12-22-18(21-17)14-5-4-6-16(20)11-14/h4-12H,20H2,1-3H3. The lowest BCUT2D eigenvalue weighted by Crippen LogP contribution is -2.10. The molecule has 0 saturated heterocycles. The zero-order valence-electron chi connectivity index (χ0n) is 13.1. The van der Waals surface area contributed by atoms with E-state index in [-0.39, 0.29) is 5.41 Å². The first-order valence-corrected chi connectivity index (χ1v) is 8.24. The highest BCUT2D eigenvalue weighted by Gasteiger charge is 2.14. The van der Waals surface area contributed by atoms with Gasteiger partial charge in [-0.15, -0.1) is 11.3 Å². The minimum absolute atomic E-state index is 0.174. The Morgan fingerprint density at radius 2 is 1.68 bits per heavy atom. The Labute approximate surface area is 135 Å². The van der Waals surface area contributed by atoms with Gasteiger partial charge < -0.3 is 5.73 Å². The fourth-order valence-corrected chi connectivity index (χ4v) is 3.18. The molecule has 112 valence electrons. The normalized spacial score (nSPS) is 11.6. The summed E-state index contributed by atoms with van der Waals surface area (Å²) in [5.41, 5.74) is 11.4. The van der Waals surface area contributed by atoms with Crippen LogP contribution in [0.15, 0.2) is 53.9 Å². The quantitative estimate of drug-likeness (QED) is 0.647. The average molecular weight is 308 g/mol. The zero-order valence-corrected chi connectivity index (χ0v) is 13.9. The van der Waals surface area contributed by atoms with E-state index in [0.717, 1.165) is 27.5 Å². The van der Waals surface area contributed by atoms with Crippen molar-refractivity contribution in [2.45, 2.75) is 26.2 Å². The third kappa shape index (κ3) is 3.04. The number of nitrogens with zero attached hydrogens (tertiary/aromatic N) is 1. The molecule has 0 amide bonds. The predicted molar refractivity (Wildman–Crippen MR) is 96.1 cm³/mol. The summed E-state index contributed by atoms with van der Waals surface area (Å²) < 4.78 is 0. The van der Waals surface area contributed by atoms with E-state index >= 15 is 0 Å². The predicted octanol–water partition coefficient (Wildman–Crippen LogP) is 5.36. The number of aromatic nitrogens is 1. The Kier molecular flexibility index (Phi) is 3.75. The van der Waals surface area contributed by atoms with Crippen LogP contribution in [0.3, 0.4) is 0 Å². The molecule has 2 aromatic carbocycles. The van der Waals surface area contributed by atoms with Gasteiger partial charge in [0, 0.05) is 22.2 Å². The molecule has 22 heavy (non-hydrogen) atoms. The van der Waals surface area contributed by atoms with Gasteiger partial charge in [0.2, 0.25) is 0 Å². The highest BCUT2D eigenvalue weighted by molar-refractivity contribution is 7.13. The van der Waals surface area contributed by atoms with E-state index < -0.39 is 0 Å². The van der Waals surface area contributed by atoms with Gasteiger partial charge in [-0.3, -0.25) is 0 Å². The van der Waals surface area contributed by atoms with Crippen LogP contribution < -0.4 is 5.73 Å². The van der Waals surface area contributed by atoms with Crippen molar-refractivity contribution in [2.24, 2.45) is 0 Å². The Bertz CT molecular complexity index is 780. The number of thiazole rings is 1. The van der Waals surface area contributed by atoms with Crippen molar-refractivity contribution in [1.29, 1.82) is 0 Å². The van der Waals surface area contributed by atoms with Crippen LogP contribution in [0.25, 0.3) is 21.8 Å². The molecule has 0 radical (unpaired) electrons. The smallest absolute Gasteiger partial charge is 0.124 e. The Hall–Kier alpha value is -2.13. The maximum absolute atomic E-state index is 5.85.